The van der Waals surface area contributed by atoms with E-state index in [2.05, 4.69) is 4.72 Å². The summed E-state index contributed by atoms with van der Waals surface area (Å²) in [6.07, 6.45) is 0. The molecule has 0 bridgehead atoms. The Kier molecular flexibility index (Phi) is 3.96. The van der Waals surface area contributed by atoms with Crippen LogP contribution in [-0.4, -0.2) is 25.7 Å². The van der Waals surface area contributed by atoms with Crippen molar-refractivity contribution in [1.82, 2.24) is 4.72 Å². The Balaban J connectivity index is 2.98. The molecule has 0 aliphatic rings. The number of nitrogens with one attached hydrogen (secondary N) is 1. The molecule has 0 heterocycles. The molecule has 0 aromatic heterocycles. The Morgan fingerprint density at radius 2 is 1.65 bits per heavy atom. The lowest BCUT2D eigenvalue weighted by atomic mass is 10.1. The van der Waals surface area contributed by atoms with E-state index in [0.717, 1.165) is 11.1 Å². The van der Waals surface area contributed by atoms with Gasteiger partial charge in [0.25, 0.3) is 0 Å². The third-order valence-electron chi connectivity index (χ3n) is 2.20. The predicted octanol–water partition coefficient (Wildman–Crippen LogP) is 1.35. The number of aryl methyl sites for hydroxylation is 2. The molecule has 0 fully saturated rings. The quantitative estimate of drug-likeness (QED) is 0.855. The lowest BCUT2D eigenvalue weighted by Gasteiger charge is -2.18. The molecule has 2 N–H and O–H groups in total. The summed E-state index contributed by atoms with van der Waals surface area (Å²) in [6.45, 7) is 6.79. The molecule has 0 aliphatic heterocycles. The monoisotopic (exact) mass is 257 g/mol. The van der Waals surface area contributed by atoms with Crippen molar-refractivity contribution in [3.63, 3.8) is 0 Å². The Hall–Kier alpha value is -0.910. The van der Waals surface area contributed by atoms with Crippen molar-refractivity contribution in [3.8, 4) is 0 Å². The zero-order chi connectivity index (χ0) is 13.3. The van der Waals surface area contributed by atoms with E-state index in [1.54, 1.807) is 26.0 Å². The number of benzene rings is 1. The summed E-state index contributed by atoms with van der Waals surface area (Å²) < 4.78 is 26.3. The largest absolute Gasteiger partial charge is 0.389 e. The highest BCUT2D eigenvalue weighted by Crippen LogP contribution is 2.14. The molecule has 96 valence electrons. The van der Waals surface area contributed by atoms with E-state index in [4.69, 9.17) is 0 Å². The fourth-order valence-corrected chi connectivity index (χ4v) is 2.84. The van der Waals surface area contributed by atoms with Gasteiger partial charge in [0.1, 0.15) is 0 Å². The fraction of sp³-hybridized carbons (Fsp3) is 0.500. The van der Waals surface area contributed by atoms with Crippen LogP contribution in [0.2, 0.25) is 0 Å². The Bertz CT molecular complexity index is 481. The van der Waals surface area contributed by atoms with Crippen LogP contribution in [0.25, 0.3) is 0 Å². The van der Waals surface area contributed by atoms with Gasteiger partial charge in [0.2, 0.25) is 10.0 Å². The molecule has 1 aromatic carbocycles. The number of rotatable bonds is 4. The highest BCUT2D eigenvalue weighted by Gasteiger charge is 2.19. The summed E-state index contributed by atoms with van der Waals surface area (Å²) in [7, 11) is -3.55. The zero-order valence-electron chi connectivity index (χ0n) is 10.6. The molecule has 1 aromatic rings. The van der Waals surface area contributed by atoms with Crippen LogP contribution in [0.4, 0.5) is 0 Å². The average Bonchev–Trinajstić information content (AvgIpc) is 2.12. The van der Waals surface area contributed by atoms with Gasteiger partial charge in [-0.1, -0.05) is 6.07 Å². The molecule has 0 saturated heterocycles. The van der Waals surface area contributed by atoms with E-state index in [-0.39, 0.29) is 11.4 Å². The number of aliphatic hydroxyl groups is 1. The first-order valence-electron chi connectivity index (χ1n) is 5.40. The van der Waals surface area contributed by atoms with Crippen LogP contribution in [0, 0.1) is 13.8 Å². The van der Waals surface area contributed by atoms with Crippen LogP contribution in [0.15, 0.2) is 23.1 Å². The first-order valence-corrected chi connectivity index (χ1v) is 6.89. The molecule has 0 unspecified atom stereocenters. The van der Waals surface area contributed by atoms with Crippen molar-refractivity contribution < 1.29 is 13.5 Å². The Morgan fingerprint density at radius 3 is 2.06 bits per heavy atom. The van der Waals surface area contributed by atoms with E-state index < -0.39 is 15.6 Å². The molecule has 0 atom stereocenters. The Labute approximate surface area is 103 Å². The van der Waals surface area contributed by atoms with Gasteiger partial charge in [-0.25, -0.2) is 13.1 Å². The van der Waals surface area contributed by atoms with Crippen LogP contribution < -0.4 is 4.72 Å². The summed E-state index contributed by atoms with van der Waals surface area (Å²) in [6, 6.07) is 5.13. The molecular formula is C12H19NO3S. The van der Waals surface area contributed by atoms with E-state index in [0.29, 0.717) is 0 Å². The summed E-state index contributed by atoms with van der Waals surface area (Å²) in [5.41, 5.74) is 0.730. The van der Waals surface area contributed by atoms with Crippen LogP contribution in [0.1, 0.15) is 25.0 Å². The molecule has 0 saturated carbocycles. The van der Waals surface area contributed by atoms with Crippen LogP contribution >= 0.6 is 0 Å². The number of hydrogen-bond donors (Lipinski definition) is 2. The van der Waals surface area contributed by atoms with Crippen molar-refractivity contribution in [2.24, 2.45) is 0 Å². The van der Waals surface area contributed by atoms with Gasteiger partial charge in [0.15, 0.2) is 0 Å². The SMILES string of the molecule is Cc1cc(C)cc(S(=O)(=O)NCC(C)(C)O)c1. The topological polar surface area (TPSA) is 66.4 Å². The lowest BCUT2D eigenvalue weighted by molar-refractivity contribution is 0.0857. The second-order valence-electron chi connectivity index (χ2n) is 4.96. The van der Waals surface area contributed by atoms with Gasteiger partial charge in [0, 0.05) is 6.54 Å². The number of hydrogen-bond acceptors (Lipinski definition) is 3. The summed E-state index contributed by atoms with van der Waals surface area (Å²) >= 11 is 0. The van der Waals surface area contributed by atoms with E-state index in [9.17, 15) is 13.5 Å². The van der Waals surface area contributed by atoms with E-state index in [1.807, 2.05) is 19.9 Å². The molecule has 0 radical (unpaired) electrons. The molecule has 0 spiro atoms. The maximum Gasteiger partial charge on any atom is 0.240 e. The molecule has 1 rings (SSSR count). The van der Waals surface area contributed by atoms with Gasteiger partial charge < -0.3 is 5.11 Å². The van der Waals surface area contributed by atoms with Crippen molar-refractivity contribution in [1.29, 1.82) is 0 Å². The molecular weight excluding hydrogens is 238 g/mol. The first kappa shape index (κ1) is 14.2. The smallest absolute Gasteiger partial charge is 0.240 e. The van der Waals surface area contributed by atoms with E-state index in [1.165, 1.54) is 0 Å². The van der Waals surface area contributed by atoms with Crippen molar-refractivity contribution in [3.05, 3.63) is 29.3 Å². The molecule has 0 aliphatic carbocycles. The van der Waals surface area contributed by atoms with Gasteiger partial charge in [-0.05, 0) is 51.0 Å². The van der Waals surface area contributed by atoms with Crippen molar-refractivity contribution in [2.45, 2.75) is 38.2 Å². The molecule has 17 heavy (non-hydrogen) atoms. The maximum absolute atomic E-state index is 12.0. The number of sulfonamides is 1. The second kappa shape index (κ2) is 4.76. The minimum Gasteiger partial charge on any atom is -0.389 e. The van der Waals surface area contributed by atoms with E-state index >= 15 is 0 Å². The third kappa shape index (κ3) is 4.46. The van der Waals surface area contributed by atoms with Gasteiger partial charge in [-0.15, -0.1) is 0 Å². The zero-order valence-corrected chi connectivity index (χ0v) is 11.4. The third-order valence-corrected chi connectivity index (χ3v) is 3.58. The summed E-state index contributed by atoms with van der Waals surface area (Å²) in [4.78, 5) is 0.235. The fourth-order valence-electron chi connectivity index (χ4n) is 1.44. The predicted molar refractivity (Wildman–Crippen MR) is 67.4 cm³/mol. The van der Waals surface area contributed by atoms with Gasteiger partial charge in [-0.2, -0.15) is 0 Å². The molecule has 5 heteroatoms. The van der Waals surface area contributed by atoms with Gasteiger partial charge >= 0.3 is 0 Å². The second-order valence-corrected chi connectivity index (χ2v) is 6.73. The van der Waals surface area contributed by atoms with Crippen molar-refractivity contribution in [2.75, 3.05) is 6.54 Å². The summed E-state index contributed by atoms with van der Waals surface area (Å²) in [5, 5.41) is 9.51. The standard InChI is InChI=1S/C12H19NO3S/c1-9-5-10(2)7-11(6-9)17(15,16)13-8-12(3,4)14/h5-7,13-14H,8H2,1-4H3. The minimum atomic E-state index is -3.55. The molecule has 4 nitrogen and oxygen atoms in total. The van der Waals surface area contributed by atoms with Crippen molar-refractivity contribution >= 4 is 10.0 Å². The molecule has 0 amide bonds. The van der Waals surface area contributed by atoms with Gasteiger partial charge in [-0.3, -0.25) is 0 Å². The van der Waals surface area contributed by atoms with Gasteiger partial charge in [0.05, 0.1) is 10.5 Å². The minimum absolute atomic E-state index is 0.0116. The van der Waals surface area contributed by atoms with Crippen LogP contribution in [0.5, 0.6) is 0 Å². The highest BCUT2D eigenvalue weighted by atomic mass is 32.2. The maximum atomic E-state index is 12.0. The first-order chi connectivity index (χ1) is 7.60. The average molecular weight is 257 g/mol. The Morgan fingerprint density at radius 1 is 1.18 bits per heavy atom. The van der Waals surface area contributed by atoms with Crippen LogP contribution in [0.3, 0.4) is 0 Å². The lowest BCUT2D eigenvalue weighted by Crippen LogP contribution is -2.38. The van der Waals surface area contributed by atoms with Crippen LogP contribution in [-0.2, 0) is 10.0 Å². The summed E-state index contributed by atoms with van der Waals surface area (Å²) in [5.74, 6) is 0. The highest BCUT2D eigenvalue weighted by molar-refractivity contribution is 7.89. The normalized spacial score (nSPS) is 12.8.